The van der Waals surface area contributed by atoms with Crippen LogP contribution in [-0.4, -0.2) is 80.2 Å². The Morgan fingerprint density at radius 3 is 2.13 bits per heavy atom. The molecule has 5 aliphatic rings. The summed E-state index contributed by atoms with van der Waals surface area (Å²) in [5.41, 5.74) is -4.66. The zero-order valence-electron chi connectivity index (χ0n) is 29.7. The highest BCUT2D eigenvalue weighted by atomic mass is 16.6. The van der Waals surface area contributed by atoms with Gasteiger partial charge < -0.3 is 35.0 Å². The lowest BCUT2D eigenvalue weighted by atomic mass is 9.32. The van der Waals surface area contributed by atoms with Gasteiger partial charge in [-0.1, -0.05) is 67.0 Å². The maximum absolute atomic E-state index is 13.7. The molecule has 0 aromatic rings. The van der Waals surface area contributed by atoms with Gasteiger partial charge in [0.25, 0.3) is 0 Å². The van der Waals surface area contributed by atoms with Gasteiger partial charge in [-0.3, -0.25) is 4.79 Å². The third-order valence-corrected chi connectivity index (χ3v) is 15.2. The van der Waals surface area contributed by atoms with Crippen LogP contribution in [0.15, 0.2) is 11.6 Å². The molecule has 0 heterocycles. The van der Waals surface area contributed by atoms with Crippen molar-refractivity contribution in [3.8, 4) is 0 Å². The van der Waals surface area contributed by atoms with Crippen LogP contribution in [0.3, 0.4) is 0 Å². The van der Waals surface area contributed by atoms with E-state index in [-0.39, 0.29) is 29.3 Å². The summed E-state index contributed by atoms with van der Waals surface area (Å²) in [4.78, 5) is 25.7. The number of hydrogen-bond donors (Lipinski definition) is 5. The number of ether oxygens (including phenoxy) is 2. The number of rotatable bonds is 5. The fourth-order valence-corrected chi connectivity index (χ4v) is 11.9. The zero-order chi connectivity index (χ0) is 34.6. The van der Waals surface area contributed by atoms with E-state index in [1.165, 1.54) is 13.8 Å². The van der Waals surface area contributed by atoms with Crippen LogP contribution in [0.1, 0.15) is 114 Å². The molecular formula is C37H60O9. The van der Waals surface area contributed by atoms with E-state index >= 15 is 0 Å². The van der Waals surface area contributed by atoms with Crippen molar-refractivity contribution in [2.24, 2.45) is 50.2 Å². The van der Waals surface area contributed by atoms with Gasteiger partial charge in [0, 0.05) is 12.3 Å². The molecule has 0 aliphatic heterocycles. The number of esters is 2. The van der Waals surface area contributed by atoms with E-state index in [2.05, 4.69) is 40.7 Å². The van der Waals surface area contributed by atoms with E-state index in [4.69, 9.17) is 9.47 Å². The number of hydrogen-bond acceptors (Lipinski definition) is 9. The average Bonchev–Trinajstić information content (AvgIpc) is 2.96. The molecule has 5 aliphatic carbocycles. The Bertz CT molecular complexity index is 1280. The number of carbonyl (C=O) groups excluding carboxylic acids is 2. The van der Waals surface area contributed by atoms with Crippen molar-refractivity contribution in [1.29, 1.82) is 0 Å². The minimum Gasteiger partial charge on any atom is -0.456 e. The van der Waals surface area contributed by atoms with Gasteiger partial charge >= 0.3 is 11.9 Å². The van der Waals surface area contributed by atoms with Crippen molar-refractivity contribution in [2.75, 3.05) is 6.61 Å². The average molecular weight is 649 g/mol. The monoisotopic (exact) mass is 648 g/mol. The molecular weight excluding hydrogens is 588 g/mol. The predicted octanol–water partition coefficient (Wildman–Crippen LogP) is 4.31. The molecule has 9 heteroatoms. The van der Waals surface area contributed by atoms with Crippen molar-refractivity contribution in [3.63, 3.8) is 0 Å². The van der Waals surface area contributed by atoms with E-state index in [0.717, 1.165) is 37.7 Å². The molecule has 0 saturated heterocycles. The summed E-state index contributed by atoms with van der Waals surface area (Å²) >= 11 is 0. The Balaban J connectivity index is 1.64. The summed E-state index contributed by atoms with van der Waals surface area (Å²) in [7, 11) is 0. The highest BCUT2D eigenvalue weighted by molar-refractivity contribution is 5.82. The molecule has 0 unspecified atom stereocenters. The van der Waals surface area contributed by atoms with Gasteiger partial charge in [0.1, 0.15) is 6.10 Å². The zero-order valence-corrected chi connectivity index (χ0v) is 29.7. The minimum atomic E-state index is -1.63. The molecule has 4 fully saturated rings. The van der Waals surface area contributed by atoms with E-state index < -0.39 is 76.1 Å². The van der Waals surface area contributed by atoms with Gasteiger partial charge in [0.15, 0.2) is 0 Å². The SMILES string of the molecule is CC[C@](C)(OC(C)=O)C(=O)O[C@H]1[C@H](O)C(C)(C)C[C@H]2C3=CC[C@@H]4[C@@]5(C)CC[C@H](O)C(C)(C)[C@@H]5CC[C@@]4(C)[C@]3(C)[C@@H](O)[C@@H](O)[C@]21CO. The summed E-state index contributed by atoms with van der Waals surface area (Å²) in [6.45, 7) is 18.6. The Morgan fingerprint density at radius 1 is 0.935 bits per heavy atom. The van der Waals surface area contributed by atoms with Crippen LogP contribution in [0, 0.1) is 50.2 Å². The van der Waals surface area contributed by atoms with E-state index in [1.807, 2.05) is 13.8 Å². The first-order valence-electron chi connectivity index (χ1n) is 17.5. The van der Waals surface area contributed by atoms with Crippen LogP contribution in [0.5, 0.6) is 0 Å². The third-order valence-electron chi connectivity index (χ3n) is 15.2. The van der Waals surface area contributed by atoms with Crippen molar-refractivity contribution >= 4 is 11.9 Å². The standard InChI is InChI=1S/C37H60O9/c1-11-35(9,46-20(2)39)30(44)45-29-28(43)31(3,4)18-22-21-12-13-24-33(7)16-15-25(40)32(5,6)23(33)14-17-34(24,8)36(21,10)26(41)27(42)37(22,29)19-38/h12,22-29,38,40-43H,11,13-19H2,1-10H3/t22-,23-,24+,25-,26-,27+,28-,29-,33-,34+,35-,36-,37-/m0/s1. The van der Waals surface area contributed by atoms with Crippen LogP contribution >= 0.6 is 0 Å². The first kappa shape index (κ1) is 35.8. The molecule has 9 nitrogen and oxygen atoms in total. The number of aliphatic hydroxyl groups is 5. The fraction of sp³-hybridized carbons (Fsp3) is 0.892. The van der Waals surface area contributed by atoms with Crippen LogP contribution in [0.2, 0.25) is 0 Å². The van der Waals surface area contributed by atoms with Crippen LogP contribution in [0.25, 0.3) is 0 Å². The van der Waals surface area contributed by atoms with E-state index in [0.29, 0.717) is 12.3 Å². The van der Waals surface area contributed by atoms with Crippen molar-refractivity contribution < 1.29 is 44.6 Å². The number of carbonyl (C=O) groups is 2. The smallest absolute Gasteiger partial charge is 0.350 e. The van der Waals surface area contributed by atoms with Gasteiger partial charge in [0.05, 0.1) is 36.4 Å². The summed E-state index contributed by atoms with van der Waals surface area (Å²) < 4.78 is 11.5. The highest BCUT2D eigenvalue weighted by Gasteiger charge is 2.75. The number of aliphatic hydroxyl groups excluding tert-OH is 5. The lowest BCUT2D eigenvalue weighted by molar-refractivity contribution is -0.293. The molecule has 5 N–H and O–H groups in total. The van der Waals surface area contributed by atoms with Crippen molar-refractivity contribution in [1.82, 2.24) is 0 Å². The first-order valence-corrected chi connectivity index (χ1v) is 17.5. The second-order valence-electron chi connectivity index (χ2n) is 17.9. The number of fused-ring (bicyclic) bond motifs is 7. The largest absolute Gasteiger partial charge is 0.456 e. The minimum absolute atomic E-state index is 0.0849. The summed E-state index contributed by atoms with van der Waals surface area (Å²) in [5.74, 6) is -1.54. The summed E-state index contributed by atoms with van der Waals surface area (Å²) in [6, 6.07) is 0. The third kappa shape index (κ3) is 4.43. The molecule has 0 amide bonds. The van der Waals surface area contributed by atoms with Gasteiger partial charge in [-0.2, -0.15) is 0 Å². The topological polar surface area (TPSA) is 154 Å². The molecule has 262 valence electrons. The molecule has 0 bridgehead atoms. The molecule has 0 aromatic carbocycles. The van der Waals surface area contributed by atoms with Gasteiger partial charge in [0.2, 0.25) is 5.60 Å². The Labute approximate surface area is 275 Å². The van der Waals surface area contributed by atoms with E-state index in [9.17, 15) is 35.1 Å². The van der Waals surface area contributed by atoms with Crippen LogP contribution < -0.4 is 0 Å². The summed E-state index contributed by atoms with van der Waals surface area (Å²) in [5, 5.41) is 58.9. The van der Waals surface area contributed by atoms with Gasteiger partial charge in [-0.05, 0) is 91.3 Å². The van der Waals surface area contributed by atoms with Crippen LogP contribution in [-0.2, 0) is 19.1 Å². The summed E-state index contributed by atoms with van der Waals surface area (Å²) in [6.07, 6.45) is 0.966. The normalized spacial score (nSPS) is 48.7. The van der Waals surface area contributed by atoms with Crippen molar-refractivity contribution in [3.05, 3.63) is 11.6 Å². The lowest BCUT2D eigenvalue weighted by Gasteiger charge is -2.73. The van der Waals surface area contributed by atoms with Crippen LogP contribution in [0.4, 0.5) is 0 Å². The highest BCUT2D eigenvalue weighted by Crippen LogP contribution is 2.75. The molecule has 0 spiro atoms. The first-order chi connectivity index (χ1) is 21.1. The second kappa shape index (κ2) is 11.0. The van der Waals surface area contributed by atoms with Gasteiger partial charge in [-0.25, -0.2) is 4.79 Å². The Morgan fingerprint density at radius 2 is 1.57 bits per heavy atom. The fourth-order valence-electron chi connectivity index (χ4n) is 11.9. The molecule has 46 heavy (non-hydrogen) atoms. The lowest BCUT2D eigenvalue weighted by Crippen LogP contribution is -2.76. The van der Waals surface area contributed by atoms with E-state index in [1.54, 1.807) is 6.92 Å². The predicted molar refractivity (Wildman–Crippen MR) is 172 cm³/mol. The molecule has 0 radical (unpaired) electrons. The maximum Gasteiger partial charge on any atom is 0.350 e. The van der Waals surface area contributed by atoms with Gasteiger partial charge in [-0.15, -0.1) is 0 Å². The Kier molecular flexibility index (Phi) is 8.55. The van der Waals surface area contributed by atoms with Crippen molar-refractivity contribution in [2.45, 2.75) is 150 Å². The molecule has 4 saturated carbocycles. The maximum atomic E-state index is 13.7. The molecule has 13 atom stereocenters. The molecule has 5 rings (SSSR count). The Hall–Kier alpha value is -1.52. The number of allylic oxidation sites excluding steroid dienone is 1. The second-order valence-corrected chi connectivity index (χ2v) is 17.9. The quantitative estimate of drug-likeness (QED) is 0.217. The molecule has 0 aromatic heterocycles.